The molecule has 0 amide bonds. The van der Waals surface area contributed by atoms with E-state index in [9.17, 15) is 14.7 Å². The maximum absolute atomic E-state index is 12.8. The average molecular weight is 440 g/mol. The van der Waals surface area contributed by atoms with Gasteiger partial charge in [0.1, 0.15) is 5.75 Å². The molecule has 2 N–H and O–H groups in total. The molecule has 1 aliphatic heterocycles. The quantitative estimate of drug-likeness (QED) is 0.574. The SMILES string of the molecule is O=C(O)c1cc2c(OCCC3CCO3)c(-c3ccc(Cl)s3)c(=O)[nH]c2cc1Cl. The van der Waals surface area contributed by atoms with E-state index in [0.717, 1.165) is 13.0 Å². The number of hydrogen-bond donors (Lipinski definition) is 2. The van der Waals surface area contributed by atoms with Gasteiger partial charge in [0.05, 0.1) is 38.7 Å². The van der Waals surface area contributed by atoms with Crippen LogP contribution in [0.25, 0.3) is 21.3 Å². The second kappa shape index (κ2) is 7.75. The summed E-state index contributed by atoms with van der Waals surface area (Å²) in [6, 6.07) is 6.28. The molecule has 1 saturated heterocycles. The highest BCUT2D eigenvalue weighted by molar-refractivity contribution is 7.19. The van der Waals surface area contributed by atoms with E-state index in [2.05, 4.69) is 4.98 Å². The minimum atomic E-state index is -1.16. The fourth-order valence-electron chi connectivity index (χ4n) is 3.08. The number of pyridine rings is 1. The van der Waals surface area contributed by atoms with Gasteiger partial charge in [-0.05, 0) is 30.7 Å². The van der Waals surface area contributed by atoms with Crippen LogP contribution in [0.4, 0.5) is 0 Å². The van der Waals surface area contributed by atoms with E-state index in [1.807, 2.05) is 0 Å². The molecule has 6 nitrogen and oxygen atoms in total. The fraction of sp³-hybridized carbons (Fsp3) is 0.263. The Bertz CT molecular complexity index is 1120. The molecule has 0 radical (unpaired) electrons. The maximum Gasteiger partial charge on any atom is 0.337 e. The van der Waals surface area contributed by atoms with Crippen LogP contribution in [0, 0.1) is 0 Å². The van der Waals surface area contributed by atoms with Gasteiger partial charge in [0.2, 0.25) is 0 Å². The summed E-state index contributed by atoms with van der Waals surface area (Å²) in [5.74, 6) is -0.844. The second-order valence-electron chi connectivity index (χ2n) is 6.36. The summed E-state index contributed by atoms with van der Waals surface area (Å²) in [7, 11) is 0. The summed E-state index contributed by atoms with van der Waals surface area (Å²) in [5.41, 5.74) is 0.294. The number of benzene rings is 1. The number of aromatic amines is 1. The lowest BCUT2D eigenvalue weighted by atomic mass is 10.1. The van der Waals surface area contributed by atoms with Crippen molar-refractivity contribution in [2.75, 3.05) is 13.2 Å². The second-order valence-corrected chi connectivity index (χ2v) is 8.49. The molecule has 9 heteroatoms. The molecule has 0 aliphatic carbocycles. The highest BCUT2D eigenvalue weighted by atomic mass is 35.5. The first-order chi connectivity index (χ1) is 13.4. The Labute approximate surface area is 173 Å². The van der Waals surface area contributed by atoms with E-state index in [1.165, 1.54) is 23.5 Å². The number of H-pyrrole nitrogens is 1. The minimum absolute atomic E-state index is 0.0383. The molecule has 0 bridgehead atoms. The number of aromatic nitrogens is 1. The lowest BCUT2D eigenvalue weighted by Gasteiger charge is -2.26. The number of hydrogen-bond acceptors (Lipinski definition) is 5. The molecule has 28 heavy (non-hydrogen) atoms. The van der Waals surface area contributed by atoms with Crippen molar-refractivity contribution in [1.82, 2.24) is 4.98 Å². The van der Waals surface area contributed by atoms with E-state index in [0.29, 0.717) is 44.5 Å². The van der Waals surface area contributed by atoms with E-state index in [-0.39, 0.29) is 22.2 Å². The molecule has 146 valence electrons. The summed E-state index contributed by atoms with van der Waals surface area (Å²) < 4.78 is 11.9. The molecule has 1 fully saturated rings. The number of aromatic carboxylic acids is 1. The Hall–Kier alpha value is -2.06. The molecule has 0 saturated carbocycles. The maximum atomic E-state index is 12.8. The monoisotopic (exact) mass is 439 g/mol. The van der Waals surface area contributed by atoms with Crippen LogP contribution < -0.4 is 10.3 Å². The third kappa shape index (κ3) is 3.63. The number of nitrogens with one attached hydrogen (secondary N) is 1. The zero-order valence-corrected chi connectivity index (χ0v) is 16.8. The number of thiophene rings is 1. The van der Waals surface area contributed by atoms with E-state index < -0.39 is 5.97 Å². The molecule has 3 heterocycles. The van der Waals surface area contributed by atoms with Gasteiger partial charge in [-0.1, -0.05) is 23.2 Å². The minimum Gasteiger partial charge on any atom is -0.492 e. The predicted octanol–water partition coefficient (Wildman–Crippen LogP) is 4.82. The normalized spacial score (nSPS) is 16.1. The Kier molecular flexibility index (Phi) is 5.33. The highest BCUT2D eigenvalue weighted by Crippen LogP contribution is 2.39. The Morgan fingerprint density at radius 3 is 2.75 bits per heavy atom. The van der Waals surface area contributed by atoms with E-state index >= 15 is 0 Å². The van der Waals surface area contributed by atoms with Crippen molar-refractivity contribution in [3.05, 3.63) is 49.5 Å². The third-order valence-electron chi connectivity index (χ3n) is 4.58. The van der Waals surface area contributed by atoms with E-state index in [1.54, 1.807) is 12.1 Å². The number of fused-ring (bicyclic) bond motifs is 1. The summed E-state index contributed by atoms with van der Waals surface area (Å²) in [6.07, 6.45) is 1.81. The summed E-state index contributed by atoms with van der Waals surface area (Å²) in [5, 5.41) is 9.93. The summed E-state index contributed by atoms with van der Waals surface area (Å²) >= 11 is 13.4. The number of ether oxygens (including phenoxy) is 2. The molecule has 4 rings (SSSR count). The first-order valence-corrected chi connectivity index (χ1v) is 10.1. The first-order valence-electron chi connectivity index (χ1n) is 8.57. The zero-order valence-electron chi connectivity index (χ0n) is 14.5. The van der Waals surface area contributed by atoms with Crippen molar-refractivity contribution < 1.29 is 19.4 Å². The predicted molar refractivity (Wildman–Crippen MR) is 109 cm³/mol. The van der Waals surface area contributed by atoms with Crippen LogP contribution in [-0.4, -0.2) is 35.4 Å². The van der Waals surface area contributed by atoms with Crippen molar-refractivity contribution >= 4 is 51.4 Å². The Morgan fingerprint density at radius 1 is 1.36 bits per heavy atom. The topological polar surface area (TPSA) is 88.6 Å². The highest BCUT2D eigenvalue weighted by Gasteiger charge is 2.22. The number of rotatable bonds is 6. The van der Waals surface area contributed by atoms with Gasteiger partial charge in [0.25, 0.3) is 5.56 Å². The van der Waals surface area contributed by atoms with Gasteiger partial charge >= 0.3 is 5.97 Å². The van der Waals surface area contributed by atoms with E-state index in [4.69, 9.17) is 32.7 Å². The van der Waals surface area contributed by atoms with Crippen LogP contribution in [0.3, 0.4) is 0 Å². The van der Waals surface area contributed by atoms with Gasteiger partial charge in [-0.2, -0.15) is 0 Å². The summed E-state index contributed by atoms with van der Waals surface area (Å²) in [4.78, 5) is 27.7. The van der Waals surface area contributed by atoms with Gasteiger partial charge in [0, 0.05) is 23.3 Å². The molecule has 1 aromatic carbocycles. The standard InChI is InChI=1S/C19H15Cl2NO5S/c20-12-8-13-11(7-10(12)19(24)25)17(27-6-4-9-3-5-26-9)16(18(23)22-13)14-1-2-15(21)28-14/h1-2,7-9H,3-6H2,(H,22,23)(H,24,25). The van der Waals surface area contributed by atoms with Gasteiger partial charge in [-0.15, -0.1) is 11.3 Å². The molecule has 2 aromatic heterocycles. The number of carboxylic acid groups (broad SMARTS) is 1. The summed E-state index contributed by atoms with van der Waals surface area (Å²) in [6.45, 7) is 1.08. The zero-order chi connectivity index (χ0) is 19.8. The van der Waals surface area contributed by atoms with Crippen LogP contribution in [0.5, 0.6) is 5.75 Å². The number of halogens is 2. The first kappa shape index (κ1) is 19.3. The van der Waals surface area contributed by atoms with Crippen molar-refractivity contribution in [1.29, 1.82) is 0 Å². The Balaban J connectivity index is 1.87. The lowest BCUT2D eigenvalue weighted by molar-refractivity contribution is -0.0595. The van der Waals surface area contributed by atoms with Crippen LogP contribution >= 0.6 is 34.5 Å². The molecule has 1 atom stereocenters. The Morgan fingerprint density at radius 2 is 2.14 bits per heavy atom. The third-order valence-corrected chi connectivity index (χ3v) is 6.15. The smallest absolute Gasteiger partial charge is 0.337 e. The average Bonchev–Trinajstić information content (AvgIpc) is 3.01. The van der Waals surface area contributed by atoms with Crippen molar-refractivity contribution in [2.45, 2.75) is 18.9 Å². The van der Waals surface area contributed by atoms with Crippen LogP contribution in [0.2, 0.25) is 9.36 Å². The van der Waals surface area contributed by atoms with Gasteiger partial charge in [0.15, 0.2) is 0 Å². The molecule has 1 aliphatic rings. The van der Waals surface area contributed by atoms with Crippen LogP contribution in [0.1, 0.15) is 23.2 Å². The van der Waals surface area contributed by atoms with Gasteiger partial charge < -0.3 is 19.6 Å². The molecule has 0 spiro atoms. The fourth-order valence-corrected chi connectivity index (χ4v) is 4.40. The van der Waals surface area contributed by atoms with Crippen molar-refractivity contribution in [2.24, 2.45) is 0 Å². The molecular weight excluding hydrogens is 425 g/mol. The molecular formula is C19H15Cl2NO5S. The number of carbonyl (C=O) groups is 1. The van der Waals surface area contributed by atoms with Gasteiger partial charge in [-0.25, -0.2) is 4.79 Å². The lowest BCUT2D eigenvalue weighted by Crippen LogP contribution is -2.28. The number of carboxylic acids is 1. The van der Waals surface area contributed by atoms with Crippen LogP contribution in [0.15, 0.2) is 29.1 Å². The van der Waals surface area contributed by atoms with Crippen molar-refractivity contribution in [3.63, 3.8) is 0 Å². The van der Waals surface area contributed by atoms with Crippen molar-refractivity contribution in [3.8, 4) is 16.2 Å². The van der Waals surface area contributed by atoms with Gasteiger partial charge in [-0.3, -0.25) is 4.79 Å². The van der Waals surface area contributed by atoms with Crippen LogP contribution in [-0.2, 0) is 4.74 Å². The molecule has 3 aromatic rings. The largest absolute Gasteiger partial charge is 0.492 e. The molecule has 1 unspecified atom stereocenters.